The molecular formula is C17H22N2O2. The highest BCUT2D eigenvalue weighted by Gasteiger charge is 2.25. The van der Waals surface area contributed by atoms with Crippen molar-refractivity contribution in [3.63, 3.8) is 0 Å². The Labute approximate surface area is 125 Å². The first kappa shape index (κ1) is 15.3. The van der Waals surface area contributed by atoms with Gasteiger partial charge in [-0.2, -0.15) is 0 Å². The van der Waals surface area contributed by atoms with Crippen molar-refractivity contribution in [2.75, 3.05) is 11.9 Å². The third kappa shape index (κ3) is 3.73. The van der Waals surface area contributed by atoms with Crippen LogP contribution < -0.4 is 10.6 Å². The molecule has 0 aliphatic rings. The molecule has 4 nitrogen and oxygen atoms in total. The summed E-state index contributed by atoms with van der Waals surface area (Å²) in [6.45, 7) is 5.77. The topological polar surface area (TPSA) is 61.4 Å². The molecule has 0 aromatic heterocycles. The van der Waals surface area contributed by atoms with E-state index >= 15 is 0 Å². The van der Waals surface area contributed by atoms with E-state index in [9.17, 15) is 9.90 Å². The number of aliphatic hydroxyl groups is 1. The zero-order chi connectivity index (χ0) is 15.5. The maximum Gasteiger partial charge on any atom is 0.319 e. The molecule has 0 spiro atoms. The number of hydrogen-bond acceptors (Lipinski definition) is 2. The maximum atomic E-state index is 12.0. The summed E-state index contributed by atoms with van der Waals surface area (Å²) < 4.78 is 0. The Morgan fingerprint density at radius 3 is 2.57 bits per heavy atom. The summed E-state index contributed by atoms with van der Waals surface area (Å²) >= 11 is 0. The quantitative estimate of drug-likeness (QED) is 0.807. The second-order valence-corrected chi connectivity index (χ2v) is 5.85. The second kappa shape index (κ2) is 6.14. The lowest BCUT2D eigenvalue weighted by atomic mass is 9.93. The van der Waals surface area contributed by atoms with E-state index in [1.165, 1.54) is 0 Å². The monoisotopic (exact) mass is 286 g/mol. The number of anilines is 1. The summed E-state index contributed by atoms with van der Waals surface area (Å²) in [4.78, 5) is 12.0. The van der Waals surface area contributed by atoms with E-state index in [0.717, 1.165) is 16.5 Å². The van der Waals surface area contributed by atoms with Gasteiger partial charge in [0.05, 0.1) is 11.3 Å². The van der Waals surface area contributed by atoms with Gasteiger partial charge in [0, 0.05) is 11.9 Å². The van der Waals surface area contributed by atoms with Crippen LogP contribution in [0.5, 0.6) is 0 Å². The van der Waals surface area contributed by atoms with Crippen LogP contribution in [0, 0.1) is 5.92 Å². The van der Waals surface area contributed by atoms with E-state index in [0.29, 0.717) is 0 Å². The van der Waals surface area contributed by atoms with Gasteiger partial charge in [0.25, 0.3) is 0 Å². The smallest absolute Gasteiger partial charge is 0.319 e. The molecule has 2 aromatic carbocycles. The highest BCUT2D eigenvalue weighted by molar-refractivity contribution is 6.01. The number of nitrogens with one attached hydrogen (secondary N) is 2. The molecular weight excluding hydrogens is 264 g/mol. The summed E-state index contributed by atoms with van der Waals surface area (Å²) in [5.74, 6) is 0.0651. The van der Waals surface area contributed by atoms with Crippen molar-refractivity contribution in [1.29, 1.82) is 0 Å². The number of carbonyl (C=O) groups is 1. The van der Waals surface area contributed by atoms with Gasteiger partial charge in [0.1, 0.15) is 0 Å². The molecule has 4 heteroatoms. The molecule has 0 heterocycles. The first-order valence-electron chi connectivity index (χ1n) is 7.15. The zero-order valence-electron chi connectivity index (χ0n) is 12.7. The molecule has 112 valence electrons. The van der Waals surface area contributed by atoms with Crippen molar-refractivity contribution < 1.29 is 9.90 Å². The molecule has 0 aliphatic heterocycles. The van der Waals surface area contributed by atoms with E-state index < -0.39 is 5.60 Å². The first-order valence-corrected chi connectivity index (χ1v) is 7.15. The van der Waals surface area contributed by atoms with E-state index in [1.54, 1.807) is 6.92 Å². The van der Waals surface area contributed by atoms with Gasteiger partial charge in [-0.1, -0.05) is 50.2 Å². The van der Waals surface area contributed by atoms with Crippen LogP contribution in [-0.4, -0.2) is 23.3 Å². The molecule has 0 saturated heterocycles. The first-order chi connectivity index (χ1) is 9.90. The van der Waals surface area contributed by atoms with Gasteiger partial charge in [-0.15, -0.1) is 0 Å². The molecule has 0 saturated carbocycles. The summed E-state index contributed by atoms with van der Waals surface area (Å²) in [5, 5.41) is 17.8. The molecule has 2 aromatic rings. The number of benzene rings is 2. The molecule has 21 heavy (non-hydrogen) atoms. The van der Waals surface area contributed by atoms with Crippen LogP contribution in [0.2, 0.25) is 0 Å². The number of amides is 2. The van der Waals surface area contributed by atoms with E-state index in [2.05, 4.69) is 10.6 Å². The van der Waals surface area contributed by atoms with Gasteiger partial charge in [-0.25, -0.2) is 4.79 Å². The Kier molecular flexibility index (Phi) is 4.48. The predicted octanol–water partition coefficient (Wildman–Crippen LogP) is 3.37. The lowest BCUT2D eigenvalue weighted by Crippen LogP contribution is -2.45. The van der Waals surface area contributed by atoms with Crippen LogP contribution in [0.1, 0.15) is 20.8 Å². The van der Waals surface area contributed by atoms with Crippen molar-refractivity contribution in [3.05, 3.63) is 42.5 Å². The summed E-state index contributed by atoms with van der Waals surface area (Å²) in [6.07, 6.45) is 0. The lowest BCUT2D eigenvalue weighted by Gasteiger charge is -2.27. The Balaban J connectivity index is 2.05. The normalized spacial score (nSPS) is 14.0. The van der Waals surface area contributed by atoms with Crippen LogP contribution in [0.15, 0.2) is 42.5 Å². The minimum atomic E-state index is -0.921. The molecule has 0 aliphatic carbocycles. The van der Waals surface area contributed by atoms with Crippen molar-refractivity contribution in [1.82, 2.24) is 5.32 Å². The minimum absolute atomic E-state index is 0.0651. The second-order valence-electron chi connectivity index (χ2n) is 5.85. The van der Waals surface area contributed by atoms with Gasteiger partial charge >= 0.3 is 6.03 Å². The Morgan fingerprint density at radius 1 is 1.19 bits per heavy atom. The van der Waals surface area contributed by atoms with Gasteiger partial charge in [0.15, 0.2) is 0 Å². The average Bonchev–Trinajstić information content (AvgIpc) is 2.45. The zero-order valence-corrected chi connectivity index (χ0v) is 12.7. The third-order valence-corrected chi connectivity index (χ3v) is 3.89. The molecule has 3 N–H and O–H groups in total. The summed E-state index contributed by atoms with van der Waals surface area (Å²) in [5.41, 5.74) is -0.161. The van der Waals surface area contributed by atoms with E-state index in [4.69, 9.17) is 0 Å². The molecule has 0 radical (unpaired) electrons. The van der Waals surface area contributed by atoms with Gasteiger partial charge < -0.3 is 15.7 Å². The third-order valence-electron chi connectivity index (χ3n) is 3.89. The maximum absolute atomic E-state index is 12.0. The lowest BCUT2D eigenvalue weighted by molar-refractivity contribution is 0.0170. The Hall–Kier alpha value is -2.07. The number of rotatable bonds is 4. The largest absolute Gasteiger partial charge is 0.388 e. The van der Waals surface area contributed by atoms with Crippen LogP contribution in [0.3, 0.4) is 0 Å². The molecule has 0 bridgehead atoms. The number of fused-ring (bicyclic) bond motifs is 1. The molecule has 1 atom stereocenters. The predicted molar refractivity (Wildman–Crippen MR) is 86.4 cm³/mol. The van der Waals surface area contributed by atoms with E-state index in [1.807, 2.05) is 56.3 Å². The van der Waals surface area contributed by atoms with Gasteiger partial charge in [-0.05, 0) is 24.3 Å². The van der Waals surface area contributed by atoms with Gasteiger partial charge in [0.2, 0.25) is 0 Å². The fraction of sp³-hybridized carbons (Fsp3) is 0.353. The standard InChI is InChI=1S/C17H22N2O2/c1-12(2)17(3,21)11-18-16(20)19-15-10-6-8-13-7-4-5-9-14(13)15/h4-10,12,21H,11H2,1-3H3,(H2,18,19,20). The van der Waals surface area contributed by atoms with Crippen LogP contribution in [0.4, 0.5) is 10.5 Å². The van der Waals surface area contributed by atoms with Crippen molar-refractivity contribution >= 4 is 22.5 Å². The molecule has 1 unspecified atom stereocenters. The average molecular weight is 286 g/mol. The SMILES string of the molecule is CC(C)C(C)(O)CNC(=O)Nc1cccc2ccccc12. The number of hydrogen-bond donors (Lipinski definition) is 3. The molecule has 2 rings (SSSR count). The van der Waals surface area contributed by atoms with Crippen molar-refractivity contribution in [3.8, 4) is 0 Å². The van der Waals surface area contributed by atoms with Crippen molar-refractivity contribution in [2.24, 2.45) is 5.92 Å². The minimum Gasteiger partial charge on any atom is -0.388 e. The van der Waals surface area contributed by atoms with Crippen LogP contribution in [-0.2, 0) is 0 Å². The summed E-state index contributed by atoms with van der Waals surface area (Å²) in [7, 11) is 0. The Bertz CT molecular complexity index is 630. The fourth-order valence-electron chi connectivity index (χ4n) is 1.96. The highest BCUT2D eigenvalue weighted by atomic mass is 16.3. The van der Waals surface area contributed by atoms with Gasteiger partial charge in [-0.3, -0.25) is 0 Å². The van der Waals surface area contributed by atoms with Crippen molar-refractivity contribution in [2.45, 2.75) is 26.4 Å². The number of carbonyl (C=O) groups excluding carboxylic acids is 1. The summed E-state index contributed by atoms with van der Waals surface area (Å²) in [6, 6.07) is 13.3. The molecule has 0 fully saturated rings. The highest BCUT2D eigenvalue weighted by Crippen LogP contribution is 2.22. The molecule has 2 amide bonds. The fourth-order valence-corrected chi connectivity index (χ4v) is 1.96. The Morgan fingerprint density at radius 2 is 1.86 bits per heavy atom. The van der Waals surface area contributed by atoms with E-state index in [-0.39, 0.29) is 18.5 Å². The van der Waals surface area contributed by atoms with Crippen LogP contribution >= 0.6 is 0 Å². The van der Waals surface area contributed by atoms with Crippen LogP contribution in [0.25, 0.3) is 10.8 Å². The number of urea groups is 1.